The van der Waals surface area contributed by atoms with Crippen molar-refractivity contribution in [3.8, 4) is 0 Å². The average molecular weight is 297 g/mol. The van der Waals surface area contributed by atoms with Gasteiger partial charge in [0.2, 0.25) is 5.96 Å². The minimum atomic E-state index is 0.0754. The first-order valence-corrected chi connectivity index (χ1v) is 7.98. The van der Waals surface area contributed by atoms with Gasteiger partial charge in [0.15, 0.2) is 0 Å². The second-order valence-electron chi connectivity index (χ2n) is 5.17. The molecule has 2 aliphatic rings. The van der Waals surface area contributed by atoms with Gasteiger partial charge in [-0.25, -0.2) is 0 Å². The molecule has 0 spiro atoms. The van der Waals surface area contributed by atoms with Gasteiger partial charge in [0.05, 0.1) is 17.8 Å². The Morgan fingerprint density at radius 1 is 1.19 bits per heavy atom. The summed E-state index contributed by atoms with van der Waals surface area (Å²) in [6, 6.07) is 12.0. The standard InChI is InChI=1S/C16H15N3OS/c20-15-13-6-1-2-7-14(13)19(11-12-5-3-10-21-12)16-17-8-4-9-18(15)16/h1-3,5-7,10H,4,8-9,11H2. The second kappa shape index (κ2) is 5.00. The number of carbonyl (C=O) groups excluding carboxylic acids is 1. The van der Waals surface area contributed by atoms with E-state index >= 15 is 0 Å². The number of fused-ring (bicyclic) bond motifs is 2. The molecule has 0 bridgehead atoms. The van der Waals surface area contributed by atoms with Gasteiger partial charge in [-0.05, 0) is 30.0 Å². The van der Waals surface area contributed by atoms with E-state index in [1.165, 1.54) is 4.88 Å². The average Bonchev–Trinajstić information content (AvgIpc) is 3.04. The Labute approximate surface area is 127 Å². The van der Waals surface area contributed by atoms with Crippen LogP contribution in [-0.2, 0) is 6.54 Å². The van der Waals surface area contributed by atoms with E-state index in [4.69, 9.17) is 0 Å². The number of anilines is 1. The first-order valence-electron chi connectivity index (χ1n) is 7.10. The zero-order valence-electron chi connectivity index (χ0n) is 11.5. The summed E-state index contributed by atoms with van der Waals surface area (Å²) in [7, 11) is 0. The number of benzene rings is 1. The lowest BCUT2D eigenvalue weighted by atomic mass is 10.1. The molecule has 0 fully saturated rings. The number of rotatable bonds is 2. The zero-order chi connectivity index (χ0) is 14.2. The molecule has 3 heterocycles. The number of hydrogen-bond donors (Lipinski definition) is 0. The van der Waals surface area contributed by atoms with E-state index in [9.17, 15) is 4.79 Å². The first-order chi connectivity index (χ1) is 10.3. The highest BCUT2D eigenvalue weighted by molar-refractivity contribution is 7.09. The molecule has 1 amide bonds. The summed E-state index contributed by atoms with van der Waals surface area (Å²) in [6.07, 6.45) is 0.935. The minimum absolute atomic E-state index is 0.0754. The van der Waals surface area contributed by atoms with Gasteiger partial charge in [0.25, 0.3) is 5.91 Å². The molecule has 0 unspecified atom stereocenters. The maximum Gasteiger partial charge on any atom is 0.262 e. The van der Waals surface area contributed by atoms with Gasteiger partial charge in [-0.15, -0.1) is 11.3 Å². The molecule has 0 aliphatic carbocycles. The van der Waals surface area contributed by atoms with Gasteiger partial charge >= 0.3 is 0 Å². The molecule has 5 heteroatoms. The number of aliphatic imine (C=N–C) groups is 1. The maximum atomic E-state index is 12.6. The maximum absolute atomic E-state index is 12.6. The van der Waals surface area contributed by atoms with E-state index < -0.39 is 0 Å². The van der Waals surface area contributed by atoms with E-state index in [0.29, 0.717) is 0 Å². The largest absolute Gasteiger partial charge is 0.306 e. The van der Waals surface area contributed by atoms with E-state index in [2.05, 4.69) is 27.4 Å². The number of thiophene rings is 1. The number of nitrogens with zero attached hydrogens (tertiary/aromatic N) is 3. The van der Waals surface area contributed by atoms with Gasteiger partial charge in [-0.3, -0.25) is 14.7 Å². The molecule has 4 nitrogen and oxygen atoms in total. The number of para-hydroxylation sites is 1. The van der Waals surface area contributed by atoms with Crippen LogP contribution >= 0.6 is 11.3 Å². The van der Waals surface area contributed by atoms with Crippen molar-refractivity contribution in [3.63, 3.8) is 0 Å². The molecule has 0 saturated carbocycles. The summed E-state index contributed by atoms with van der Waals surface area (Å²) < 4.78 is 0. The third-order valence-corrected chi connectivity index (χ3v) is 4.70. The van der Waals surface area contributed by atoms with Crippen molar-refractivity contribution in [2.45, 2.75) is 13.0 Å². The van der Waals surface area contributed by atoms with Crippen molar-refractivity contribution in [3.05, 3.63) is 52.2 Å². The lowest BCUT2D eigenvalue weighted by molar-refractivity contribution is 0.0833. The summed E-state index contributed by atoms with van der Waals surface area (Å²) in [5, 5.41) is 2.08. The van der Waals surface area contributed by atoms with Crippen LogP contribution in [0, 0.1) is 0 Å². The molecule has 2 aromatic rings. The highest BCUT2D eigenvalue weighted by atomic mass is 32.1. The van der Waals surface area contributed by atoms with Crippen molar-refractivity contribution in [2.75, 3.05) is 18.0 Å². The van der Waals surface area contributed by atoms with E-state index in [-0.39, 0.29) is 5.91 Å². The molecule has 4 rings (SSSR count). The number of amides is 1. The van der Waals surface area contributed by atoms with Crippen molar-refractivity contribution in [1.29, 1.82) is 0 Å². The van der Waals surface area contributed by atoms with Gasteiger partial charge in [-0.1, -0.05) is 18.2 Å². The lowest BCUT2D eigenvalue weighted by Gasteiger charge is -2.40. The van der Waals surface area contributed by atoms with Crippen LogP contribution in [-0.4, -0.2) is 29.9 Å². The summed E-state index contributed by atoms with van der Waals surface area (Å²) in [6.45, 7) is 2.31. The first kappa shape index (κ1) is 12.6. The molecule has 106 valence electrons. The zero-order valence-corrected chi connectivity index (χ0v) is 12.3. The SMILES string of the molecule is O=C1c2ccccc2N(Cc2cccs2)C2=NCCCN12. The van der Waals surface area contributed by atoms with Crippen molar-refractivity contribution in [1.82, 2.24) is 4.90 Å². The molecule has 1 aromatic carbocycles. The summed E-state index contributed by atoms with van der Waals surface area (Å²) in [5.41, 5.74) is 1.74. The molecule has 2 aliphatic heterocycles. The summed E-state index contributed by atoms with van der Waals surface area (Å²) in [4.78, 5) is 22.5. The van der Waals surface area contributed by atoms with Gasteiger partial charge in [-0.2, -0.15) is 0 Å². The normalized spacial score (nSPS) is 17.3. The molecule has 0 saturated heterocycles. The smallest absolute Gasteiger partial charge is 0.262 e. The molecule has 0 atom stereocenters. The van der Waals surface area contributed by atoms with E-state index in [1.807, 2.05) is 29.2 Å². The van der Waals surface area contributed by atoms with Crippen molar-refractivity contribution in [2.24, 2.45) is 4.99 Å². The fourth-order valence-corrected chi connectivity index (χ4v) is 3.57. The van der Waals surface area contributed by atoms with Crippen LogP contribution in [0.15, 0.2) is 46.8 Å². The van der Waals surface area contributed by atoms with Gasteiger partial charge in [0, 0.05) is 18.0 Å². The van der Waals surface area contributed by atoms with E-state index in [1.54, 1.807) is 11.3 Å². The second-order valence-corrected chi connectivity index (χ2v) is 6.21. The van der Waals surface area contributed by atoms with Crippen LogP contribution in [0.3, 0.4) is 0 Å². The summed E-state index contributed by atoms with van der Waals surface area (Å²) in [5.74, 6) is 0.879. The Balaban J connectivity index is 1.83. The predicted octanol–water partition coefficient (Wildman–Crippen LogP) is 2.97. The van der Waals surface area contributed by atoms with E-state index in [0.717, 1.165) is 43.3 Å². The third-order valence-electron chi connectivity index (χ3n) is 3.84. The quantitative estimate of drug-likeness (QED) is 0.854. The van der Waals surface area contributed by atoms with Gasteiger partial charge in [0.1, 0.15) is 0 Å². The van der Waals surface area contributed by atoms with Crippen molar-refractivity contribution < 1.29 is 4.79 Å². The Morgan fingerprint density at radius 2 is 2.10 bits per heavy atom. The fourth-order valence-electron chi connectivity index (χ4n) is 2.87. The third kappa shape index (κ3) is 2.05. The Hall–Kier alpha value is -2.14. The number of carbonyl (C=O) groups is 1. The van der Waals surface area contributed by atoms with Crippen molar-refractivity contribution >= 4 is 28.9 Å². The fraction of sp³-hybridized carbons (Fsp3) is 0.250. The molecule has 1 aromatic heterocycles. The molecule has 0 N–H and O–H groups in total. The van der Waals surface area contributed by atoms with Gasteiger partial charge < -0.3 is 4.90 Å². The van der Waals surface area contributed by atoms with Crippen LogP contribution in [0.1, 0.15) is 21.7 Å². The minimum Gasteiger partial charge on any atom is -0.306 e. The topological polar surface area (TPSA) is 35.9 Å². The van der Waals surface area contributed by atoms with Crippen LogP contribution < -0.4 is 4.90 Å². The number of guanidine groups is 1. The molecule has 21 heavy (non-hydrogen) atoms. The lowest BCUT2D eigenvalue weighted by Crippen LogP contribution is -2.53. The highest BCUT2D eigenvalue weighted by Crippen LogP contribution is 2.31. The monoisotopic (exact) mass is 297 g/mol. The summed E-state index contributed by atoms with van der Waals surface area (Å²) >= 11 is 1.73. The molecular formula is C16H15N3OS. The molecule has 0 radical (unpaired) electrons. The Kier molecular flexibility index (Phi) is 3.00. The Morgan fingerprint density at radius 3 is 2.95 bits per heavy atom. The highest BCUT2D eigenvalue weighted by Gasteiger charge is 2.35. The number of hydrogen-bond acceptors (Lipinski definition) is 4. The van der Waals surface area contributed by atoms with Crippen LogP contribution in [0.4, 0.5) is 5.69 Å². The van der Waals surface area contributed by atoms with Crippen LogP contribution in [0.2, 0.25) is 0 Å². The predicted molar refractivity (Wildman–Crippen MR) is 84.9 cm³/mol. The van der Waals surface area contributed by atoms with Crippen LogP contribution in [0.5, 0.6) is 0 Å². The Bertz CT molecular complexity index is 708. The van der Waals surface area contributed by atoms with Crippen LogP contribution in [0.25, 0.3) is 0 Å². The molecular weight excluding hydrogens is 282 g/mol.